The fourth-order valence-electron chi connectivity index (χ4n) is 0.364. The summed E-state index contributed by atoms with van der Waals surface area (Å²) in [7, 11) is 1.74. The molecule has 0 rings (SSSR count). The van der Waals surface area contributed by atoms with Gasteiger partial charge in [0.1, 0.15) is 0 Å². The third kappa shape index (κ3) is 3.61. The molecule has 0 spiro atoms. The lowest BCUT2D eigenvalue weighted by Gasteiger charge is -2.03. The standard InChI is InChI=1S/C5H11NO2/c1-4(6-2)3-5(7)8/h4,6H,3H2,1-2H3,(H,7,8). The molecular weight excluding hydrogens is 106 g/mol. The molecule has 0 aromatic rings. The number of aliphatic carboxylic acids is 1. The van der Waals surface area contributed by atoms with E-state index in [0.717, 1.165) is 0 Å². The molecule has 2 N–H and O–H groups in total. The van der Waals surface area contributed by atoms with E-state index in [1.807, 2.05) is 6.92 Å². The first kappa shape index (κ1) is 7.43. The predicted octanol–water partition coefficient (Wildman–Crippen LogP) is 0.0690. The van der Waals surface area contributed by atoms with Gasteiger partial charge in [0, 0.05) is 6.04 Å². The highest BCUT2D eigenvalue weighted by Crippen LogP contribution is 1.86. The molecule has 0 aliphatic rings. The maximum atomic E-state index is 9.93. The zero-order valence-electron chi connectivity index (χ0n) is 5.14. The number of carboxylic acid groups (broad SMARTS) is 1. The molecule has 0 bridgehead atoms. The van der Waals surface area contributed by atoms with Crippen molar-refractivity contribution in [3.63, 3.8) is 0 Å². The summed E-state index contributed by atoms with van der Waals surface area (Å²) >= 11 is 0. The van der Waals surface area contributed by atoms with Crippen LogP contribution in [-0.4, -0.2) is 24.2 Å². The molecule has 0 saturated carbocycles. The fraction of sp³-hybridized carbons (Fsp3) is 0.800. The molecular formula is C5H11NO2. The average Bonchev–Trinajstić information content (AvgIpc) is 1.65. The summed E-state index contributed by atoms with van der Waals surface area (Å²) in [4.78, 5) is 9.93. The Bertz CT molecular complexity index is 82.5. The zero-order valence-corrected chi connectivity index (χ0v) is 5.14. The van der Waals surface area contributed by atoms with Gasteiger partial charge in [-0.2, -0.15) is 0 Å². The molecule has 0 heterocycles. The summed E-state index contributed by atoms with van der Waals surface area (Å²) in [6.45, 7) is 1.83. The van der Waals surface area contributed by atoms with Crippen molar-refractivity contribution in [3.8, 4) is 0 Å². The van der Waals surface area contributed by atoms with E-state index in [-0.39, 0.29) is 12.5 Å². The molecule has 3 nitrogen and oxygen atoms in total. The summed E-state index contributed by atoms with van der Waals surface area (Å²) in [5.74, 6) is -0.758. The van der Waals surface area contributed by atoms with Gasteiger partial charge in [0.25, 0.3) is 0 Å². The van der Waals surface area contributed by atoms with E-state index < -0.39 is 5.97 Å². The first-order chi connectivity index (χ1) is 3.66. The van der Waals surface area contributed by atoms with Crippen LogP contribution < -0.4 is 5.32 Å². The van der Waals surface area contributed by atoms with Crippen molar-refractivity contribution in [1.29, 1.82) is 0 Å². The second-order valence-electron chi connectivity index (χ2n) is 1.79. The second-order valence-corrected chi connectivity index (χ2v) is 1.79. The highest BCUT2D eigenvalue weighted by atomic mass is 16.4. The minimum atomic E-state index is -0.758. The smallest absolute Gasteiger partial charge is 0.304 e. The van der Waals surface area contributed by atoms with E-state index in [2.05, 4.69) is 5.32 Å². The van der Waals surface area contributed by atoms with Gasteiger partial charge in [0.05, 0.1) is 6.42 Å². The minimum absolute atomic E-state index is 0.0764. The van der Waals surface area contributed by atoms with Crippen LogP contribution in [0.1, 0.15) is 13.3 Å². The van der Waals surface area contributed by atoms with Crippen molar-refractivity contribution in [2.24, 2.45) is 0 Å². The van der Waals surface area contributed by atoms with Crippen LogP contribution in [0.5, 0.6) is 0 Å². The monoisotopic (exact) mass is 117 g/mol. The molecule has 3 heteroatoms. The maximum Gasteiger partial charge on any atom is 0.304 e. The van der Waals surface area contributed by atoms with Gasteiger partial charge < -0.3 is 10.4 Å². The van der Waals surface area contributed by atoms with Crippen LogP contribution in [0.25, 0.3) is 0 Å². The van der Waals surface area contributed by atoms with E-state index in [4.69, 9.17) is 5.11 Å². The van der Waals surface area contributed by atoms with Gasteiger partial charge in [-0.3, -0.25) is 4.79 Å². The number of hydrogen-bond acceptors (Lipinski definition) is 2. The Morgan fingerprint density at radius 1 is 1.88 bits per heavy atom. The normalized spacial score (nSPS) is 13.2. The lowest BCUT2D eigenvalue weighted by molar-refractivity contribution is -0.137. The van der Waals surface area contributed by atoms with Crippen molar-refractivity contribution in [2.75, 3.05) is 7.05 Å². The van der Waals surface area contributed by atoms with Gasteiger partial charge in [-0.05, 0) is 14.0 Å². The first-order valence-electron chi connectivity index (χ1n) is 2.56. The highest BCUT2D eigenvalue weighted by Gasteiger charge is 2.02. The van der Waals surface area contributed by atoms with Crippen LogP contribution in [0.15, 0.2) is 0 Å². The third-order valence-electron chi connectivity index (χ3n) is 0.974. The molecule has 48 valence electrons. The number of rotatable bonds is 3. The maximum absolute atomic E-state index is 9.93. The molecule has 0 aromatic heterocycles. The molecule has 8 heavy (non-hydrogen) atoms. The Balaban J connectivity index is 3.24. The van der Waals surface area contributed by atoms with Crippen molar-refractivity contribution in [2.45, 2.75) is 19.4 Å². The number of hydrogen-bond donors (Lipinski definition) is 2. The Morgan fingerprint density at radius 3 is 2.50 bits per heavy atom. The van der Waals surface area contributed by atoms with Gasteiger partial charge in [-0.1, -0.05) is 0 Å². The summed E-state index contributed by atoms with van der Waals surface area (Å²) < 4.78 is 0. The Kier molecular flexibility index (Phi) is 3.19. The minimum Gasteiger partial charge on any atom is -0.481 e. The molecule has 0 fully saturated rings. The Morgan fingerprint density at radius 2 is 2.38 bits per heavy atom. The Labute approximate surface area is 48.7 Å². The van der Waals surface area contributed by atoms with Gasteiger partial charge >= 0.3 is 5.97 Å². The average molecular weight is 117 g/mol. The van der Waals surface area contributed by atoms with E-state index in [9.17, 15) is 4.79 Å². The fourth-order valence-corrected chi connectivity index (χ4v) is 0.364. The summed E-state index contributed by atoms with van der Waals surface area (Å²) in [5.41, 5.74) is 0. The van der Waals surface area contributed by atoms with Crippen molar-refractivity contribution in [1.82, 2.24) is 5.32 Å². The Hall–Kier alpha value is -0.570. The van der Waals surface area contributed by atoms with E-state index in [0.29, 0.717) is 0 Å². The molecule has 0 radical (unpaired) electrons. The quantitative estimate of drug-likeness (QED) is 0.550. The lowest BCUT2D eigenvalue weighted by Crippen LogP contribution is -2.24. The summed E-state index contributed by atoms with van der Waals surface area (Å²) in [6, 6.07) is 0.0764. The van der Waals surface area contributed by atoms with Crippen LogP contribution in [0.4, 0.5) is 0 Å². The van der Waals surface area contributed by atoms with E-state index in [1.165, 1.54) is 0 Å². The van der Waals surface area contributed by atoms with Gasteiger partial charge in [-0.25, -0.2) is 0 Å². The molecule has 0 aromatic carbocycles. The summed E-state index contributed by atoms with van der Waals surface area (Å²) in [5, 5.41) is 11.0. The van der Waals surface area contributed by atoms with Crippen LogP contribution >= 0.6 is 0 Å². The molecule has 0 amide bonds. The number of carboxylic acids is 1. The van der Waals surface area contributed by atoms with Crippen LogP contribution in [-0.2, 0) is 4.79 Å². The van der Waals surface area contributed by atoms with Crippen molar-refractivity contribution in [3.05, 3.63) is 0 Å². The van der Waals surface area contributed by atoms with Crippen LogP contribution in [0.3, 0.4) is 0 Å². The molecule has 1 unspecified atom stereocenters. The van der Waals surface area contributed by atoms with Gasteiger partial charge in [0.15, 0.2) is 0 Å². The van der Waals surface area contributed by atoms with Gasteiger partial charge in [0.2, 0.25) is 0 Å². The molecule has 0 saturated heterocycles. The first-order valence-corrected chi connectivity index (χ1v) is 2.56. The predicted molar refractivity (Wildman–Crippen MR) is 30.8 cm³/mol. The second kappa shape index (κ2) is 3.43. The van der Waals surface area contributed by atoms with E-state index >= 15 is 0 Å². The SMILES string of the molecule is CNC(C)CC(=O)O. The molecule has 0 aliphatic heterocycles. The highest BCUT2D eigenvalue weighted by molar-refractivity contribution is 5.67. The third-order valence-corrected chi connectivity index (χ3v) is 0.974. The molecule has 1 atom stereocenters. The largest absolute Gasteiger partial charge is 0.481 e. The van der Waals surface area contributed by atoms with Crippen molar-refractivity contribution >= 4 is 5.97 Å². The van der Waals surface area contributed by atoms with Crippen molar-refractivity contribution < 1.29 is 9.90 Å². The zero-order chi connectivity index (χ0) is 6.57. The lowest BCUT2D eigenvalue weighted by atomic mass is 10.2. The van der Waals surface area contributed by atoms with E-state index in [1.54, 1.807) is 7.05 Å². The molecule has 0 aliphatic carbocycles. The summed E-state index contributed by atoms with van der Waals surface area (Å²) in [6.07, 6.45) is 0.191. The number of nitrogens with one attached hydrogen (secondary N) is 1. The number of carbonyl (C=O) groups is 1. The van der Waals surface area contributed by atoms with Crippen LogP contribution in [0.2, 0.25) is 0 Å². The van der Waals surface area contributed by atoms with Gasteiger partial charge in [-0.15, -0.1) is 0 Å². The van der Waals surface area contributed by atoms with Crippen LogP contribution in [0, 0.1) is 0 Å². The topological polar surface area (TPSA) is 49.3 Å².